The Morgan fingerprint density at radius 1 is 1.21 bits per heavy atom. The Kier molecular flexibility index (Phi) is 7.19. The van der Waals surface area contributed by atoms with Crippen molar-refractivity contribution in [3.63, 3.8) is 0 Å². The Morgan fingerprint density at radius 3 is 2.68 bits per heavy atom. The van der Waals surface area contributed by atoms with Gasteiger partial charge in [-0.05, 0) is 43.9 Å². The lowest BCUT2D eigenvalue weighted by Crippen LogP contribution is -2.35. The predicted octanol–water partition coefficient (Wildman–Crippen LogP) is 3.93. The van der Waals surface area contributed by atoms with Gasteiger partial charge in [0.25, 0.3) is 5.22 Å². The van der Waals surface area contributed by atoms with Crippen LogP contribution in [-0.4, -0.2) is 42.1 Å². The summed E-state index contributed by atoms with van der Waals surface area (Å²) in [7, 11) is 3.16. The molecule has 1 aromatic carbocycles. The topological polar surface area (TPSA) is 86.5 Å². The summed E-state index contributed by atoms with van der Waals surface area (Å²) < 4.78 is 16.3. The summed E-state index contributed by atoms with van der Waals surface area (Å²) in [6, 6.07) is 5.39. The highest BCUT2D eigenvalue weighted by molar-refractivity contribution is 8.00. The maximum absolute atomic E-state index is 12.4. The zero-order valence-corrected chi connectivity index (χ0v) is 17.4. The van der Waals surface area contributed by atoms with Gasteiger partial charge in [-0.1, -0.05) is 31.0 Å². The molecule has 2 aromatic rings. The highest BCUT2D eigenvalue weighted by atomic mass is 32.2. The SMILES string of the molecule is COc1ccc(-c2nnc(SC(C)C(=O)NCC3CCCCC3)o2)cc1OC. The number of nitrogens with zero attached hydrogens (tertiary/aromatic N) is 2. The molecule has 1 N–H and O–H groups in total. The van der Waals surface area contributed by atoms with Gasteiger partial charge in [-0.25, -0.2) is 0 Å². The number of aromatic nitrogens is 2. The van der Waals surface area contributed by atoms with E-state index >= 15 is 0 Å². The number of thioether (sulfide) groups is 1. The highest BCUT2D eigenvalue weighted by Gasteiger charge is 2.21. The molecule has 0 spiro atoms. The Hall–Kier alpha value is -2.22. The van der Waals surface area contributed by atoms with Crippen molar-refractivity contribution in [2.75, 3.05) is 20.8 Å². The quantitative estimate of drug-likeness (QED) is 0.666. The van der Waals surface area contributed by atoms with Gasteiger partial charge in [0.2, 0.25) is 11.8 Å². The molecule has 152 valence electrons. The average Bonchev–Trinajstić information content (AvgIpc) is 3.20. The van der Waals surface area contributed by atoms with Crippen molar-refractivity contribution in [3.8, 4) is 23.0 Å². The number of ether oxygens (including phenoxy) is 2. The van der Waals surface area contributed by atoms with Gasteiger partial charge >= 0.3 is 0 Å². The summed E-state index contributed by atoms with van der Waals surface area (Å²) in [4.78, 5) is 12.4. The third-order valence-electron chi connectivity index (χ3n) is 4.97. The molecule has 1 amide bonds. The summed E-state index contributed by atoms with van der Waals surface area (Å²) in [6.45, 7) is 2.60. The molecule has 0 aliphatic heterocycles. The molecular formula is C20H27N3O4S. The lowest BCUT2D eigenvalue weighted by molar-refractivity contribution is -0.120. The van der Waals surface area contributed by atoms with E-state index in [1.54, 1.807) is 26.4 Å². The number of hydrogen-bond acceptors (Lipinski definition) is 7. The first-order valence-electron chi connectivity index (χ1n) is 9.61. The van der Waals surface area contributed by atoms with Crippen LogP contribution in [0, 0.1) is 5.92 Å². The molecule has 0 saturated heterocycles. The molecule has 0 bridgehead atoms. The number of carbonyl (C=O) groups excluding carboxylic acids is 1. The van der Waals surface area contributed by atoms with Crippen molar-refractivity contribution in [2.24, 2.45) is 5.92 Å². The minimum atomic E-state index is -0.303. The number of methoxy groups -OCH3 is 2. The molecule has 8 heteroatoms. The summed E-state index contributed by atoms with van der Waals surface area (Å²) in [5.74, 6) is 2.20. The highest BCUT2D eigenvalue weighted by Crippen LogP contribution is 2.33. The number of carbonyl (C=O) groups is 1. The minimum absolute atomic E-state index is 0.00133. The lowest BCUT2D eigenvalue weighted by Gasteiger charge is -2.22. The molecule has 1 fully saturated rings. The molecular weight excluding hydrogens is 378 g/mol. The van der Waals surface area contributed by atoms with Gasteiger partial charge < -0.3 is 19.2 Å². The molecule has 0 radical (unpaired) electrons. The van der Waals surface area contributed by atoms with E-state index in [-0.39, 0.29) is 11.2 Å². The van der Waals surface area contributed by atoms with E-state index in [0.717, 1.165) is 12.1 Å². The van der Waals surface area contributed by atoms with Gasteiger partial charge in [-0.3, -0.25) is 4.79 Å². The second-order valence-corrected chi connectivity index (χ2v) is 8.24. The van der Waals surface area contributed by atoms with Gasteiger partial charge in [0, 0.05) is 12.1 Å². The molecule has 1 heterocycles. The smallest absolute Gasteiger partial charge is 0.277 e. The number of benzene rings is 1. The van der Waals surface area contributed by atoms with Crippen molar-refractivity contribution >= 4 is 17.7 Å². The second kappa shape index (κ2) is 9.82. The Morgan fingerprint density at radius 2 is 1.96 bits per heavy atom. The van der Waals surface area contributed by atoms with E-state index in [4.69, 9.17) is 13.9 Å². The van der Waals surface area contributed by atoms with Crippen molar-refractivity contribution in [3.05, 3.63) is 18.2 Å². The van der Waals surface area contributed by atoms with Crippen LogP contribution < -0.4 is 14.8 Å². The van der Waals surface area contributed by atoms with Crippen molar-refractivity contribution in [1.82, 2.24) is 15.5 Å². The van der Waals surface area contributed by atoms with Crippen LogP contribution in [0.3, 0.4) is 0 Å². The zero-order chi connectivity index (χ0) is 19.9. The first kappa shape index (κ1) is 20.5. The van der Waals surface area contributed by atoms with E-state index in [1.165, 1.54) is 43.9 Å². The molecule has 28 heavy (non-hydrogen) atoms. The van der Waals surface area contributed by atoms with Crippen LogP contribution >= 0.6 is 11.8 Å². The summed E-state index contributed by atoms with van der Waals surface area (Å²) >= 11 is 1.26. The maximum Gasteiger partial charge on any atom is 0.277 e. The number of hydrogen-bond donors (Lipinski definition) is 1. The Balaban J connectivity index is 1.57. The van der Waals surface area contributed by atoms with Crippen LogP contribution in [-0.2, 0) is 4.79 Å². The summed E-state index contributed by atoms with van der Waals surface area (Å²) in [6.07, 6.45) is 6.27. The van der Waals surface area contributed by atoms with Crippen molar-refractivity contribution in [2.45, 2.75) is 49.5 Å². The fraction of sp³-hybridized carbons (Fsp3) is 0.550. The van der Waals surface area contributed by atoms with Crippen LogP contribution in [0.15, 0.2) is 27.8 Å². The van der Waals surface area contributed by atoms with E-state index in [2.05, 4.69) is 15.5 Å². The van der Waals surface area contributed by atoms with Gasteiger partial charge in [-0.15, -0.1) is 10.2 Å². The molecule has 1 saturated carbocycles. The van der Waals surface area contributed by atoms with Crippen LogP contribution in [0.4, 0.5) is 0 Å². The van der Waals surface area contributed by atoms with Gasteiger partial charge in [0.15, 0.2) is 11.5 Å². The molecule has 7 nitrogen and oxygen atoms in total. The van der Waals surface area contributed by atoms with E-state index < -0.39 is 0 Å². The van der Waals surface area contributed by atoms with Crippen LogP contribution in [0.25, 0.3) is 11.5 Å². The van der Waals surface area contributed by atoms with Gasteiger partial charge in [0.1, 0.15) is 0 Å². The Bertz CT molecular complexity index is 790. The van der Waals surface area contributed by atoms with Crippen LogP contribution in [0.2, 0.25) is 0 Å². The van der Waals surface area contributed by atoms with Crippen molar-refractivity contribution in [1.29, 1.82) is 0 Å². The third-order valence-corrected chi connectivity index (χ3v) is 5.91. The number of nitrogens with one attached hydrogen (secondary N) is 1. The monoisotopic (exact) mass is 405 g/mol. The summed E-state index contributed by atoms with van der Waals surface area (Å²) in [5.41, 5.74) is 0.728. The fourth-order valence-corrected chi connectivity index (χ4v) is 4.04. The molecule has 3 rings (SSSR count). The molecule has 1 aliphatic carbocycles. The standard InChI is InChI=1S/C20H27N3O4S/c1-13(18(24)21-12-14-7-5-4-6-8-14)28-20-23-22-19(27-20)15-9-10-16(25-2)17(11-15)26-3/h9-11,13-14H,4-8,12H2,1-3H3,(H,21,24). The maximum atomic E-state index is 12.4. The molecule has 1 aliphatic rings. The second-order valence-electron chi connectivity index (χ2n) is 6.95. The zero-order valence-electron chi connectivity index (χ0n) is 16.6. The largest absolute Gasteiger partial charge is 0.493 e. The molecule has 1 unspecified atom stereocenters. The normalized spacial score (nSPS) is 15.8. The Labute approximate surface area is 169 Å². The van der Waals surface area contributed by atoms with E-state index in [0.29, 0.717) is 28.5 Å². The molecule has 1 atom stereocenters. The van der Waals surface area contributed by atoms with Crippen LogP contribution in [0.5, 0.6) is 11.5 Å². The fourth-order valence-electron chi connectivity index (χ4n) is 3.33. The van der Waals surface area contributed by atoms with Crippen molar-refractivity contribution < 1.29 is 18.7 Å². The third kappa shape index (κ3) is 5.19. The first-order valence-corrected chi connectivity index (χ1v) is 10.5. The predicted molar refractivity (Wildman–Crippen MR) is 108 cm³/mol. The minimum Gasteiger partial charge on any atom is -0.493 e. The number of amides is 1. The first-order chi connectivity index (χ1) is 13.6. The lowest BCUT2D eigenvalue weighted by atomic mass is 9.89. The van der Waals surface area contributed by atoms with Gasteiger partial charge in [0.05, 0.1) is 19.5 Å². The van der Waals surface area contributed by atoms with E-state index in [9.17, 15) is 4.79 Å². The summed E-state index contributed by atoms with van der Waals surface area (Å²) in [5, 5.41) is 11.3. The van der Waals surface area contributed by atoms with E-state index in [1.807, 2.05) is 13.0 Å². The average molecular weight is 406 g/mol. The molecule has 1 aromatic heterocycles. The van der Waals surface area contributed by atoms with Gasteiger partial charge in [-0.2, -0.15) is 0 Å². The number of rotatable bonds is 8. The van der Waals surface area contributed by atoms with Crippen LogP contribution in [0.1, 0.15) is 39.0 Å².